The van der Waals surface area contributed by atoms with Crippen LogP contribution in [0.25, 0.3) is 0 Å². The van der Waals surface area contributed by atoms with Gasteiger partial charge in [-0.15, -0.1) is 0 Å². The fourth-order valence-corrected chi connectivity index (χ4v) is 1.98. The summed E-state index contributed by atoms with van der Waals surface area (Å²) < 4.78 is 0. The Kier molecular flexibility index (Phi) is 5.08. The molecule has 5 N–H and O–H groups in total. The first-order chi connectivity index (χ1) is 8.41. The van der Waals surface area contributed by atoms with Crippen molar-refractivity contribution in [2.75, 3.05) is 13.1 Å². The van der Waals surface area contributed by atoms with Crippen LogP contribution in [-0.2, 0) is 14.4 Å². The minimum absolute atomic E-state index is 0.0188. The molecule has 102 valence electrons. The molecule has 0 aromatic rings. The Morgan fingerprint density at radius 3 is 2.56 bits per heavy atom. The Balaban J connectivity index is 2.52. The van der Waals surface area contributed by atoms with E-state index in [0.717, 1.165) is 6.54 Å². The number of hydrogen-bond donors (Lipinski definition) is 4. The summed E-state index contributed by atoms with van der Waals surface area (Å²) in [5.41, 5.74) is 4.96. The molecule has 0 saturated carbocycles. The minimum Gasteiger partial charge on any atom is -0.480 e. The monoisotopic (exact) mass is 257 g/mol. The lowest BCUT2D eigenvalue weighted by molar-refractivity contribution is -0.142. The molecular formula is C11H19N3O4. The predicted molar refractivity (Wildman–Crippen MR) is 63.5 cm³/mol. The van der Waals surface area contributed by atoms with Crippen LogP contribution in [0, 0.1) is 11.8 Å². The highest BCUT2D eigenvalue weighted by Crippen LogP contribution is 2.16. The molecule has 1 saturated heterocycles. The van der Waals surface area contributed by atoms with Crippen LogP contribution < -0.4 is 16.4 Å². The Hall–Kier alpha value is -1.63. The Morgan fingerprint density at radius 2 is 2.11 bits per heavy atom. The van der Waals surface area contributed by atoms with E-state index in [0.29, 0.717) is 6.54 Å². The average Bonchev–Trinajstić information content (AvgIpc) is 2.69. The summed E-state index contributed by atoms with van der Waals surface area (Å²) in [4.78, 5) is 33.5. The third-order valence-electron chi connectivity index (χ3n) is 3.15. The van der Waals surface area contributed by atoms with Crippen LogP contribution in [0.3, 0.4) is 0 Å². The van der Waals surface area contributed by atoms with Gasteiger partial charge in [0.05, 0.1) is 5.92 Å². The van der Waals surface area contributed by atoms with Crippen molar-refractivity contribution in [1.29, 1.82) is 0 Å². The average molecular weight is 257 g/mol. The molecule has 0 aliphatic carbocycles. The van der Waals surface area contributed by atoms with Gasteiger partial charge < -0.3 is 21.5 Å². The van der Waals surface area contributed by atoms with E-state index < -0.39 is 17.9 Å². The standard InChI is InChI=1S/C11H19N3O4/c1-6-4-13-5-7(6)10(16)14-8(11(17)18)2-3-9(12)15/h6-8,13H,2-5H2,1H3,(H2,12,15)(H,14,16)(H,17,18). The molecule has 2 amide bonds. The Labute approximate surface area is 105 Å². The van der Waals surface area contributed by atoms with E-state index in [9.17, 15) is 14.4 Å². The summed E-state index contributed by atoms with van der Waals surface area (Å²) in [5.74, 6) is -2.06. The maximum Gasteiger partial charge on any atom is 0.326 e. The molecule has 3 atom stereocenters. The van der Waals surface area contributed by atoms with Crippen molar-refractivity contribution in [3.8, 4) is 0 Å². The SMILES string of the molecule is CC1CNCC1C(=O)NC(CCC(N)=O)C(=O)O. The van der Waals surface area contributed by atoms with Gasteiger partial charge in [-0.3, -0.25) is 9.59 Å². The van der Waals surface area contributed by atoms with E-state index in [1.54, 1.807) is 0 Å². The van der Waals surface area contributed by atoms with Gasteiger partial charge in [-0.25, -0.2) is 4.79 Å². The zero-order chi connectivity index (χ0) is 13.7. The Morgan fingerprint density at radius 1 is 1.44 bits per heavy atom. The molecule has 0 spiro atoms. The molecule has 0 radical (unpaired) electrons. The van der Waals surface area contributed by atoms with Gasteiger partial charge in [0.1, 0.15) is 6.04 Å². The van der Waals surface area contributed by atoms with Crippen LogP contribution >= 0.6 is 0 Å². The van der Waals surface area contributed by atoms with E-state index >= 15 is 0 Å². The van der Waals surface area contributed by atoms with Crippen LogP contribution in [0.2, 0.25) is 0 Å². The number of primary amides is 1. The summed E-state index contributed by atoms with van der Waals surface area (Å²) >= 11 is 0. The van der Waals surface area contributed by atoms with Crippen molar-refractivity contribution < 1.29 is 19.5 Å². The second-order valence-electron chi connectivity index (χ2n) is 4.65. The lowest BCUT2D eigenvalue weighted by Crippen LogP contribution is -2.45. The van der Waals surface area contributed by atoms with Crippen molar-refractivity contribution in [3.05, 3.63) is 0 Å². The van der Waals surface area contributed by atoms with Crippen molar-refractivity contribution in [3.63, 3.8) is 0 Å². The van der Waals surface area contributed by atoms with Gasteiger partial charge in [-0.05, 0) is 18.9 Å². The van der Waals surface area contributed by atoms with Gasteiger partial charge in [-0.2, -0.15) is 0 Å². The maximum absolute atomic E-state index is 11.9. The number of nitrogens with two attached hydrogens (primary N) is 1. The van der Waals surface area contributed by atoms with Crippen molar-refractivity contribution in [2.45, 2.75) is 25.8 Å². The number of hydrogen-bond acceptors (Lipinski definition) is 4. The van der Waals surface area contributed by atoms with Gasteiger partial charge in [0.2, 0.25) is 11.8 Å². The predicted octanol–water partition coefficient (Wildman–Crippen LogP) is -1.32. The minimum atomic E-state index is -1.15. The summed E-state index contributed by atoms with van der Waals surface area (Å²) in [5, 5.41) is 14.5. The van der Waals surface area contributed by atoms with Gasteiger partial charge in [0, 0.05) is 13.0 Å². The van der Waals surface area contributed by atoms with Crippen molar-refractivity contribution in [1.82, 2.24) is 10.6 Å². The number of nitrogens with one attached hydrogen (secondary N) is 2. The fourth-order valence-electron chi connectivity index (χ4n) is 1.98. The highest BCUT2D eigenvalue weighted by Gasteiger charge is 2.32. The van der Waals surface area contributed by atoms with E-state index in [4.69, 9.17) is 10.8 Å². The molecule has 0 aromatic heterocycles. The second kappa shape index (κ2) is 6.34. The molecule has 7 nitrogen and oxygen atoms in total. The fraction of sp³-hybridized carbons (Fsp3) is 0.727. The van der Waals surface area contributed by atoms with Crippen LogP contribution in [0.15, 0.2) is 0 Å². The van der Waals surface area contributed by atoms with Gasteiger partial charge in [0.15, 0.2) is 0 Å². The van der Waals surface area contributed by atoms with E-state index in [1.807, 2.05) is 6.92 Å². The van der Waals surface area contributed by atoms with Crippen molar-refractivity contribution in [2.24, 2.45) is 17.6 Å². The molecule has 1 fully saturated rings. The topological polar surface area (TPSA) is 122 Å². The highest BCUT2D eigenvalue weighted by atomic mass is 16.4. The van der Waals surface area contributed by atoms with Gasteiger partial charge in [-0.1, -0.05) is 6.92 Å². The number of amides is 2. The number of aliphatic carboxylic acids is 1. The summed E-state index contributed by atoms with van der Waals surface area (Å²) in [6, 6.07) is -1.06. The van der Waals surface area contributed by atoms with E-state index in [1.165, 1.54) is 0 Å². The zero-order valence-electron chi connectivity index (χ0n) is 10.3. The van der Waals surface area contributed by atoms with Crippen LogP contribution in [-0.4, -0.2) is 42.0 Å². The molecule has 1 aliphatic rings. The second-order valence-corrected chi connectivity index (χ2v) is 4.65. The zero-order valence-corrected chi connectivity index (χ0v) is 10.3. The third kappa shape index (κ3) is 3.99. The number of carboxylic acid groups (broad SMARTS) is 1. The normalized spacial score (nSPS) is 24.5. The van der Waals surface area contributed by atoms with Crippen LogP contribution in [0.1, 0.15) is 19.8 Å². The first kappa shape index (κ1) is 14.4. The molecular weight excluding hydrogens is 238 g/mol. The molecule has 7 heteroatoms. The first-order valence-corrected chi connectivity index (χ1v) is 5.94. The molecule has 3 unspecified atom stereocenters. The molecule has 18 heavy (non-hydrogen) atoms. The largest absolute Gasteiger partial charge is 0.480 e. The molecule has 0 bridgehead atoms. The molecule has 1 heterocycles. The van der Waals surface area contributed by atoms with Crippen LogP contribution in [0.5, 0.6) is 0 Å². The third-order valence-corrected chi connectivity index (χ3v) is 3.15. The number of carbonyl (C=O) groups excluding carboxylic acids is 2. The van der Waals surface area contributed by atoms with Gasteiger partial charge in [0.25, 0.3) is 0 Å². The molecule has 1 rings (SSSR count). The van der Waals surface area contributed by atoms with Crippen molar-refractivity contribution >= 4 is 17.8 Å². The van der Waals surface area contributed by atoms with E-state index in [-0.39, 0.29) is 30.6 Å². The van der Waals surface area contributed by atoms with E-state index in [2.05, 4.69) is 10.6 Å². The maximum atomic E-state index is 11.9. The lowest BCUT2D eigenvalue weighted by Gasteiger charge is -2.18. The highest BCUT2D eigenvalue weighted by molar-refractivity contribution is 5.86. The molecule has 0 aromatic carbocycles. The van der Waals surface area contributed by atoms with Gasteiger partial charge >= 0.3 is 5.97 Å². The van der Waals surface area contributed by atoms with Crippen LogP contribution in [0.4, 0.5) is 0 Å². The quantitative estimate of drug-likeness (QED) is 0.470. The summed E-state index contributed by atoms with van der Waals surface area (Å²) in [6.07, 6.45) is -0.0410. The number of carbonyl (C=O) groups is 3. The summed E-state index contributed by atoms with van der Waals surface area (Å²) in [7, 11) is 0. The summed E-state index contributed by atoms with van der Waals surface area (Å²) in [6.45, 7) is 3.23. The first-order valence-electron chi connectivity index (χ1n) is 5.94. The molecule has 1 aliphatic heterocycles. The smallest absolute Gasteiger partial charge is 0.326 e. The number of carboxylic acids is 1. The Bertz CT molecular complexity index is 345. The number of rotatable bonds is 6. The lowest BCUT2D eigenvalue weighted by atomic mass is 9.96.